The van der Waals surface area contributed by atoms with E-state index in [0.717, 1.165) is 17.4 Å². The molecule has 1 aliphatic rings. The van der Waals surface area contributed by atoms with Crippen molar-refractivity contribution in [1.29, 1.82) is 0 Å². The number of nitrogens with one attached hydrogen (secondary N) is 1. The molecule has 1 N–H and O–H groups in total. The molecule has 0 bridgehead atoms. The highest BCUT2D eigenvalue weighted by atomic mass is 16.3. The Balaban J connectivity index is 2.08. The van der Waals surface area contributed by atoms with E-state index in [2.05, 4.69) is 17.4 Å². The van der Waals surface area contributed by atoms with Crippen LogP contribution in [0.1, 0.15) is 49.7 Å². The van der Waals surface area contributed by atoms with Crippen molar-refractivity contribution in [2.75, 3.05) is 7.05 Å². The largest absolute Gasteiger partial charge is 0.465 e. The minimum absolute atomic E-state index is 0.416. The maximum absolute atomic E-state index is 5.73. The molecule has 1 heterocycles. The minimum atomic E-state index is 0.416. The van der Waals surface area contributed by atoms with E-state index in [1.165, 1.54) is 32.1 Å². The molecule has 2 heteroatoms. The fourth-order valence-electron chi connectivity index (χ4n) is 2.70. The van der Waals surface area contributed by atoms with E-state index in [1.807, 2.05) is 14.0 Å². The zero-order chi connectivity index (χ0) is 10.7. The molecule has 84 valence electrons. The van der Waals surface area contributed by atoms with Crippen molar-refractivity contribution in [2.45, 2.75) is 45.1 Å². The molecule has 0 aliphatic heterocycles. The molecular weight excluding hydrogens is 186 g/mol. The summed E-state index contributed by atoms with van der Waals surface area (Å²) in [5.41, 5.74) is 0. The third-order valence-corrected chi connectivity index (χ3v) is 3.50. The zero-order valence-corrected chi connectivity index (χ0v) is 9.75. The average molecular weight is 207 g/mol. The van der Waals surface area contributed by atoms with Crippen LogP contribution in [0.15, 0.2) is 16.5 Å². The van der Waals surface area contributed by atoms with Gasteiger partial charge in [0, 0.05) is 0 Å². The summed E-state index contributed by atoms with van der Waals surface area (Å²) in [6, 6.07) is 4.59. The van der Waals surface area contributed by atoms with E-state index < -0.39 is 0 Å². The third kappa shape index (κ3) is 2.43. The van der Waals surface area contributed by atoms with Gasteiger partial charge in [0.25, 0.3) is 0 Å². The van der Waals surface area contributed by atoms with Crippen molar-refractivity contribution in [3.8, 4) is 0 Å². The predicted molar refractivity (Wildman–Crippen MR) is 61.8 cm³/mol. The molecule has 0 radical (unpaired) electrons. The highest BCUT2D eigenvalue weighted by Gasteiger charge is 2.25. The molecule has 1 unspecified atom stereocenters. The lowest BCUT2D eigenvalue weighted by atomic mass is 9.83. The van der Waals surface area contributed by atoms with Crippen molar-refractivity contribution in [1.82, 2.24) is 5.32 Å². The van der Waals surface area contributed by atoms with Gasteiger partial charge in [0.2, 0.25) is 0 Å². The van der Waals surface area contributed by atoms with Gasteiger partial charge in [0.05, 0.1) is 6.04 Å². The normalized spacial score (nSPS) is 20.4. The molecule has 1 aromatic heterocycles. The molecule has 1 saturated carbocycles. The van der Waals surface area contributed by atoms with Gasteiger partial charge in [0.15, 0.2) is 0 Å². The Labute approximate surface area is 92.1 Å². The first-order valence-electron chi connectivity index (χ1n) is 6.05. The van der Waals surface area contributed by atoms with Crippen LogP contribution in [0.4, 0.5) is 0 Å². The molecule has 0 amide bonds. The van der Waals surface area contributed by atoms with Crippen molar-refractivity contribution in [3.05, 3.63) is 23.7 Å². The molecule has 0 aromatic carbocycles. The summed E-state index contributed by atoms with van der Waals surface area (Å²) in [5, 5.41) is 3.41. The number of furan rings is 1. The van der Waals surface area contributed by atoms with Gasteiger partial charge in [-0.25, -0.2) is 0 Å². The number of aryl methyl sites for hydroxylation is 1. The van der Waals surface area contributed by atoms with Crippen LogP contribution in [0.2, 0.25) is 0 Å². The van der Waals surface area contributed by atoms with Gasteiger partial charge in [-0.15, -0.1) is 0 Å². The van der Waals surface area contributed by atoms with Crippen LogP contribution < -0.4 is 5.32 Å². The topological polar surface area (TPSA) is 25.2 Å². The first kappa shape index (κ1) is 10.7. The first-order chi connectivity index (χ1) is 7.31. The minimum Gasteiger partial charge on any atom is -0.465 e. The Morgan fingerprint density at radius 2 is 2.00 bits per heavy atom. The van der Waals surface area contributed by atoms with E-state index in [0.29, 0.717) is 6.04 Å². The van der Waals surface area contributed by atoms with Crippen LogP contribution in [0.25, 0.3) is 0 Å². The second-order valence-electron chi connectivity index (χ2n) is 4.61. The lowest BCUT2D eigenvalue weighted by Crippen LogP contribution is -2.26. The smallest absolute Gasteiger partial charge is 0.121 e. The van der Waals surface area contributed by atoms with Gasteiger partial charge >= 0.3 is 0 Å². The van der Waals surface area contributed by atoms with Crippen molar-refractivity contribution >= 4 is 0 Å². The second-order valence-corrected chi connectivity index (χ2v) is 4.61. The number of rotatable bonds is 3. The lowest BCUT2D eigenvalue weighted by Gasteiger charge is -2.28. The standard InChI is InChI=1S/C13H21NO/c1-10-8-9-12(15-10)13(14-2)11-6-4-3-5-7-11/h8-9,11,13-14H,3-7H2,1-2H3. The molecule has 1 aromatic rings. The summed E-state index contributed by atoms with van der Waals surface area (Å²) in [5.74, 6) is 2.89. The third-order valence-electron chi connectivity index (χ3n) is 3.50. The summed E-state index contributed by atoms with van der Waals surface area (Å²) in [4.78, 5) is 0. The summed E-state index contributed by atoms with van der Waals surface area (Å²) < 4.78 is 5.73. The van der Waals surface area contributed by atoms with E-state index in [9.17, 15) is 0 Å². The zero-order valence-electron chi connectivity index (χ0n) is 9.75. The van der Waals surface area contributed by atoms with Crippen LogP contribution in [0.5, 0.6) is 0 Å². The number of hydrogen-bond donors (Lipinski definition) is 1. The Kier molecular flexibility index (Phi) is 3.47. The van der Waals surface area contributed by atoms with Crippen LogP contribution in [0, 0.1) is 12.8 Å². The molecule has 1 aliphatic carbocycles. The van der Waals surface area contributed by atoms with Gasteiger partial charge < -0.3 is 9.73 Å². The maximum Gasteiger partial charge on any atom is 0.121 e. The molecule has 0 saturated heterocycles. The molecule has 2 nitrogen and oxygen atoms in total. The Morgan fingerprint density at radius 1 is 1.27 bits per heavy atom. The lowest BCUT2D eigenvalue weighted by molar-refractivity contribution is 0.251. The van der Waals surface area contributed by atoms with Gasteiger partial charge in [0.1, 0.15) is 11.5 Å². The van der Waals surface area contributed by atoms with Gasteiger partial charge in [-0.05, 0) is 44.9 Å². The number of hydrogen-bond acceptors (Lipinski definition) is 2. The van der Waals surface area contributed by atoms with E-state index in [-0.39, 0.29) is 0 Å². The summed E-state index contributed by atoms with van der Waals surface area (Å²) >= 11 is 0. The highest BCUT2D eigenvalue weighted by Crippen LogP contribution is 2.34. The molecule has 15 heavy (non-hydrogen) atoms. The molecule has 1 atom stereocenters. The summed E-state index contributed by atoms with van der Waals surface area (Å²) in [7, 11) is 2.04. The molecule has 1 fully saturated rings. The van der Waals surface area contributed by atoms with Crippen molar-refractivity contribution in [3.63, 3.8) is 0 Å². The van der Waals surface area contributed by atoms with Crippen molar-refractivity contribution < 1.29 is 4.42 Å². The van der Waals surface area contributed by atoms with E-state index in [1.54, 1.807) is 0 Å². The average Bonchev–Trinajstić information content (AvgIpc) is 2.68. The second kappa shape index (κ2) is 4.84. The fourth-order valence-corrected chi connectivity index (χ4v) is 2.70. The maximum atomic E-state index is 5.73. The van der Waals surface area contributed by atoms with Gasteiger partial charge in [-0.2, -0.15) is 0 Å². The van der Waals surface area contributed by atoms with Crippen molar-refractivity contribution in [2.24, 2.45) is 5.92 Å². The van der Waals surface area contributed by atoms with Crippen LogP contribution in [0.3, 0.4) is 0 Å². The van der Waals surface area contributed by atoms with Crippen LogP contribution in [-0.2, 0) is 0 Å². The molecular formula is C13H21NO. The quantitative estimate of drug-likeness (QED) is 0.821. The molecule has 0 spiro atoms. The highest BCUT2D eigenvalue weighted by molar-refractivity contribution is 5.10. The molecule has 2 rings (SSSR count). The fraction of sp³-hybridized carbons (Fsp3) is 0.692. The SMILES string of the molecule is CNC(c1ccc(C)o1)C1CCCCC1. The Hall–Kier alpha value is -0.760. The monoisotopic (exact) mass is 207 g/mol. The van der Waals surface area contributed by atoms with Crippen LogP contribution in [-0.4, -0.2) is 7.05 Å². The van der Waals surface area contributed by atoms with E-state index >= 15 is 0 Å². The Bertz CT molecular complexity index is 299. The van der Waals surface area contributed by atoms with Gasteiger partial charge in [-0.3, -0.25) is 0 Å². The Morgan fingerprint density at radius 3 is 2.53 bits per heavy atom. The van der Waals surface area contributed by atoms with Gasteiger partial charge in [-0.1, -0.05) is 19.3 Å². The summed E-state index contributed by atoms with van der Waals surface area (Å²) in [6.07, 6.45) is 6.84. The summed E-state index contributed by atoms with van der Waals surface area (Å²) in [6.45, 7) is 2.01. The van der Waals surface area contributed by atoms with E-state index in [4.69, 9.17) is 4.42 Å². The predicted octanol–water partition coefficient (Wildman–Crippen LogP) is 3.43. The van der Waals surface area contributed by atoms with Crippen LogP contribution >= 0.6 is 0 Å². The first-order valence-corrected chi connectivity index (χ1v) is 6.05.